The zero-order valence-corrected chi connectivity index (χ0v) is 15.3. The van der Waals surface area contributed by atoms with E-state index < -0.39 is 5.79 Å². The van der Waals surface area contributed by atoms with Crippen LogP contribution in [0.1, 0.15) is 83.1 Å². The van der Waals surface area contributed by atoms with E-state index in [0.29, 0.717) is 0 Å². The summed E-state index contributed by atoms with van der Waals surface area (Å²) in [4.78, 5) is 0. The van der Waals surface area contributed by atoms with Crippen molar-refractivity contribution in [2.45, 2.75) is 89.8 Å². The zero-order valence-electron chi connectivity index (χ0n) is 15.3. The third-order valence-electron chi connectivity index (χ3n) is 4.85. The highest BCUT2D eigenvalue weighted by Crippen LogP contribution is 2.30. The third kappa shape index (κ3) is 6.98. The largest absolute Gasteiger partial charge is 0.456 e. The molecule has 0 spiro atoms. The number of ether oxygens (including phenoxy) is 2. The highest BCUT2D eigenvalue weighted by Gasteiger charge is 2.35. The maximum atomic E-state index is 5.82. The molecule has 0 atom stereocenters. The van der Waals surface area contributed by atoms with Gasteiger partial charge in [-0.3, -0.25) is 0 Å². The fourth-order valence-electron chi connectivity index (χ4n) is 3.41. The molecule has 0 bridgehead atoms. The predicted octanol–water partition coefficient (Wildman–Crippen LogP) is 6.75. The Morgan fingerprint density at radius 1 is 0.708 bits per heavy atom. The summed E-state index contributed by atoms with van der Waals surface area (Å²) < 4.78 is 11.6. The minimum atomic E-state index is -0.471. The summed E-state index contributed by atoms with van der Waals surface area (Å²) in [6.45, 7) is 2.28. The number of hydrogen-bond donors (Lipinski definition) is 0. The molecule has 1 aliphatic heterocycles. The van der Waals surface area contributed by atoms with Gasteiger partial charge in [-0.05, 0) is 12.0 Å². The van der Waals surface area contributed by atoms with Crippen LogP contribution in [0.3, 0.4) is 0 Å². The minimum absolute atomic E-state index is 0.471. The van der Waals surface area contributed by atoms with Gasteiger partial charge in [0.15, 0.2) is 0 Å². The summed E-state index contributed by atoms with van der Waals surface area (Å²) in [5.74, 6) is -0.471. The van der Waals surface area contributed by atoms with Crippen molar-refractivity contribution in [3.8, 4) is 0 Å². The second-order valence-electron chi connectivity index (χ2n) is 7.01. The Morgan fingerprint density at radius 2 is 1.25 bits per heavy atom. The predicted molar refractivity (Wildman–Crippen MR) is 101 cm³/mol. The Morgan fingerprint density at radius 3 is 1.83 bits per heavy atom. The maximum Gasteiger partial charge on any atom is 0.253 e. The van der Waals surface area contributed by atoms with Crippen LogP contribution in [0.2, 0.25) is 0 Å². The smallest absolute Gasteiger partial charge is 0.253 e. The number of unbranched alkanes of at least 4 members (excludes halogenated alkanes) is 9. The van der Waals surface area contributed by atoms with Crippen molar-refractivity contribution in [3.63, 3.8) is 0 Å². The van der Waals surface area contributed by atoms with Crippen LogP contribution in [-0.2, 0) is 15.9 Å². The Labute approximate surface area is 148 Å². The van der Waals surface area contributed by atoms with Crippen LogP contribution in [0, 0.1) is 0 Å². The van der Waals surface area contributed by atoms with Gasteiger partial charge in [-0.15, -0.1) is 0 Å². The first-order chi connectivity index (χ1) is 11.8. The summed E-state index contributed by atoms with van der Waals surface area (Å²) in [6.07, 6.45) is 18.7. The van der Waals surface area contributed by atoms with Crippen molar-refractivity contribution in [1.82, 2.24) is 0 Å². The number of benzene rings is 1. The van der Waals surface area contributed by atoms with Gasteiger partial charge in [-0.2, -0.15) is 0 Å². The Bertz CT molecular complexity index is 444. The van der Waals surface area contributed by atoms with E-state index in [-0.39, 0.29) is 0 Å². The van der Waals surface area contributed by atoms with E-state index in [0.717, 1.165) is 12.8 Å². The number of rotatable bonds is 13. The average molecular weight is 331 g/mol. The van der Waals surface area contributed by atoms with Crippen molar-refractivity contribution in [3.05, 3.63) is 48.4 Å². The van der Waals surface area contributed by atoms with E-state index in [2.05, 4.69) is 31.2 Å². The molecular formula is C22H34O2. The van der Waals surface area contributed by atoms with E-state index >= 15 is 0 Å². The lowest BCUT2D eigenvalue weighted by molar-refractivity contribution is -0.146. The van der Waals surface area contributed by atoms with Crippen molar-refractivity contribution < 1.29 is 9.47 Å². The van der Waals surface area contributed by atoms with E-state index in [1.165, 1.54) is 69.8 Å². The van der Waals surface area contributed by atoms with Crippen LogP contribution in [0.5, 0.6) is 0 Å². The fraction of sp³-hybridized carbons (Fsp3) is 0.636. The van der Waals surface area contributed by atoms with Crippen LogP contribution in [-0.4, -0.2) is 5.79 Å². The van der Waals surface area contributed by atoms with Crippen LogP contribution in [0.25, 0.3) is 0 Å². The van der Waals surface area contributed by atoms with Gasteiger partial charge in [0.25, 0.3) is 5.79 Å². The summed E-state index contributed by atoms with van der Waals surface area (Å²) in [5, 5.41) is 0. The molecule has 1 aromatic rings. The van der Waals surface area contributed by atoms with Crippen molar-refractivity contribution >= 4 is 0 Å². The molecule has 1 aliphatic rings. The molecule has 1 aromatic carbocycles. The van der Waals surface area contributed by atoms with Gasteiger partial charge in [-0.1, -0.05) is 95.0 Å². The lowest BCUT2D eigenvalue weighted by atomic mass is 9.98. The molecule has 0 saturated heterocycles. The highest BCUT2D eigenvalue weighted by atomic mass is 16.7. The van der Waals surface area contributed by atoms with Gasteiger partial charge in [0.1, 0.15) is 12.5 Å². The second kappa shape index (κ2) is 11.2. The quantitative estimate of drug-likeness (QED) is 0.372. The van der Waals surface area contributed by atoms with Crippen LogP contribution >= 0.6 is 0 Å². The molecule has 2 rings (SSSR count). The molecule has 24 heavy (non-hydrogen) atoms. The van der Waals surface area contributed by atoms with E-state index in [1.807, 2.05) is 6.07 Å². The molecule has 134 valence electrons. The number of hydrogen-bond acceptors (Lipinski definition) is 2. The molecule has 0 saturated carbocycles. The molecule has 0 unspecified atom stereocenters. The Hall–Kier alpha value is -1.44. The summed E-state index contributed by atoms with van der Waals surface area (Å²) in [7, 11) is 0. The topological polar surface area (TPSA) is 18.5 Å². The highest BCUT2D eigenvalue weighted by molar-refractivity contribution is 5.17. The molecule has 2 heteroatoms. The summed E-state index contributed by atoms with van der Waals surface area (Å²) in [6, 6.07) is 10.5. The van der Waals surface area contributed by atoms with Gasteiger partial charge >= 0.3 is 0 Å². The normalized spacial score (nSPS) is 15.2. The minimum Gasteiger partial charge on any atom is -0.456 e. The lowest BCUT2D eigenvalue weighted by Crippen LogP contribution is -2.32. The fourth-order valence-corrected chi connectivity index (χ4v) is 3.41. The SMILES string of the molecule is CCCCCCCCCCCCC1(Cc2ccccc2)OC=CO1. The first-order valence-electron chi connectivity index (χ1n) is 9.89. The van der Waals surface area contributed by atoms with Crippen LogP contribution < -0.4 is 0 Å². The molecule has 1 heterocycles. The third-order valence-corrected chi connectivity index (χ3v) is 4.85. The van der Waals surface area contributed by atoms with E-state index in [4.69, 9.17) is 9.47 Å². The first kappa shape index (κ1) is 18.9. The molecule has 0 aromatic heterocycles. The zero-order chi connectivity index (χ0) is 16.9. The molecule has 0 aliphatic carbocycles. The van der Waals surface area contributed by atoms with Crippen LogP contribution in [0.15, 0.2) is 42.9 Å². The van der Waals surface area contributed by atoms with E-state index in [9.17, 15) is 0 Å². The second-order valence-corrected chi connectivity index (χ2v) is 7.01. The monoisotopic (exact) mass is 330 g/mol. The first-order valence-corrected chi connectivity index (χ1v) is 9.89. The van der Waals surface area contributed by atoms with Gasteiger partial charge < -0.3 is 9.47 Å². The van der Waals surface area contributed by atoms with E-state index in [1.54, 1.807) is 12.5 Å². The Balaban J connectivity index is 1.57. The average Bonchev–Trinajstić information content (AvgIpc) is 3.06. The lowest BCUT2D eigenvalue weighted by Gasteiger charge is -2.28. The van der Waals surface area contributed by atoms with Gasteiger partial charge in [-0.25, -0.2) is 0 Å². The van der Waals surface area contributed by atoms with Crippen molar-refractivity contribution in [2.24, 2.45) is 0 Å². The standard InChI is InChI=1S/C22H34O2/c1-2-3-4-5-6-7-8-9-10-14-17-22(23-18-19-24-22)20-21-15-12-11-13-16-21/h11-13,15-16,18-19H,2-10,14,17,20H2,1H3. The molecule has 0 radical (unpaired) electrons. The summed E-state index contributed by atoms with van der Waals surface area (Å²) in [5.41, 5.74) is 1.27. The van der Waals surface area contributed by atoms with Gasteiger partial charge in [0, 0.05) is 12.8 Å². The molecule has 2 nitrogen and oxygen atoms in total. The molecule has 0 N–H and O–H groups in total. The molecule has 0 fully saturated rings. The molecular weight excluding hydrogens is 296 g/mol. The molecule has 0 amide bonds. The van der Waals surface area contributed by atoms with Crippen molar-refractivity contribution in [1.29, 1.82) is 0 Å². The van der Waals surface area contributed by atoms with Gasteiger partial charge in [0.05, 0.1) is 0 Å². The summed E-state index contributed by atoms with van der Waals surface area (Å²) >= 11 is 0. The van der Waals surface area contributed by atoms with Crippen LogP contribution in [0.4, 0.5) is 0 Å². The van der Waals surface area contributed by atoms with Crippen molar-refractivity contribution in [2.75, 3.05) is 0 Å². The Kier molecular flexibility index (Phi) is 8.80. The maximum absolute atomic E-state index is 5.82. The van der Waals surface area contributed by atoms with Gasteiger partial charge in [0.2, 0.25) is 0 Å².